The van der Waals surface area contributed by atoms with Crippen LogP contribution in [0.5, 0.6) is 0 Å². The number of anilines is 2. The fraction of sp³-hybridized carbons (Fsp3) is 0.286. The highest BCUT2D eigenvalue weighted by atomic mass is 35.5. The van der Waals surface area contributed by atoms with E-state index in [0.717, 1.165) is 11.1 Å². The average Bonchev–Trinajstić information content (AvgIpc) is 3.07. The minimum atomic E-state index is -0.635. The first-order valence-corrected chi connectivity index (χ1v) is 9.79. The van der Waals surface area contributed by atoms with Crippen LogP contribution in [-0.4, -0.2) is 30.9 Å². The molecule has 2 aromatic rings. The van der Waals surface area contributed by atoms with E-state index in [1.165, 1.54) is 4.90 Å². The van der Waals surface area contributed by atoms with Crippen LogP contribution in [0.25, 0.3) is 0 Å². The van der Waals surface area contributed by atoms with E-state index in [1.807, 2.05) is 19.9 Å². The SMILES string of the molecule is Cc1ccc(NC(=O)COC(=O)C2CC(=O)N(c3ccc(C)c(Cl)c3)C2)cc1Cl. The van der Waals surface area contributed by atoms with Gasteiger partial charge in [0.25, 0.3) is 5.91 Å². The minimum absolute atomic E-state index is 0.0273. The van der Waals surface area contributed by atoms with Gasteiger partial charge in [0.15, 0.2) is 6.61 Å². The number of nitrogens with zero attached hydrogens (tertiary/aromatic N) is 1. The summed E-state index contributed by atoms with van der Waals surface area (Å²) < 4.78 is 5.10. The molecule has 6 nitrogen and oxygen atoms in total. The first-order chi connectivity index (χ1) is 13.7. The molecule has 0 spiro atoms. The Morgan fingerprint density at radius 1 is 1.10 bits per heavy atom. The Bertz CT molecular complexity index is 977. The van der Waals surface area contributed by atoms with Crippen LogP contribution >= 0.6 is 23.2 Å². The summed E-state index contributed by atoms with van der Waals surface area (Å²) in [5.41, 5.74) is 2.94. The van der Waals surface area contributed by atoms with E-state index in [0.29, 0.717) is 21.4 Å². The van der Waals surface area contributed by atoms with Gasteiger partial charge >= 0.3 is 5.97 Å². The van der Waals surface area contributed by atoms with Gasteiger partial charge in [-0.1, -0.05) is 35.3 Å². The molecule has 3 rings (SSSR count). The maximum atomic E-state index is 12.3. The van der Waals surface area contributed by atoms with Gasteiger partial charge in [0, 0.05) is 34.4 Å². The molecule has 1 heterocycles. The molecular weight excluding hydrogens is 415 g/mol. The molecule has 0 aromatic heterocycles. The van der Waals surface area contributed by atoms with E-state index in [4.69, 9.17) is 27.9 Å². The van der Waals surface area contributed by atoms with Crippen LogP contribution in [0.4, 0.5) is 11.4 Å². The largest absolute Gasteiger partial charge is 0.455 e. The fourth-order valence-corrected chi connectivity index (χ4v) is 3.34. The van der Waals surface area contributed by atoms with E-state index in [1.54, 1.807) is 30.3 Å². The van der Waals surface area contributed by atoms with Gasteiger partial charge in [-0.25, -0.2) is 0 Å². The second-order valence-corrected chi connectivity index (χ2v) is 7.77. The predicted molar refractivity (Wildman–Crippen MR) is 112 cm³/mol. The smallest absolute Gasteiger partial charge is 0.311 e. The summed E-state index contributed by atoms with van der Waals surface area (Å²) >= 11 is 12.2. The third-order valence-electron chi connectivity index (χ3n) is 4.73. The van der Waals surface area contributed by atoms with E-state index in [-0.39, 0.29) is 18.9 Å². The molecule has 1 saturated heterocycles. The summed E-state index contributed by atoms with van der Waals surface area (Å²) in [5.74, 6) is -1.89. The summed E-state index contributed by atoms with van der Waals surface area (Å²) in [7, 11) is 0. The molecule has 152 valence electrons. The third kappa shape index (κ3) is 5.08. The summed E-state index contributed by atoms with van der Waals surface area (Å²) in [4.78, 5) is 38.2. The lowest BCUT2D eigenvalue weighted by atomic mass is 10.1. The highest BCUT2D eigenvalue weighted by Crippen LogP contribution is 2.29. The van der Waals surface area contributed by atoms with Crippen molar-refractivity contribution in [3.05, 3.63) is 57.6 Å². The Balaban J connectivity index is 1.54. The van der Waals surface area contributed by atoms with E-state index < -0.39 is 24.4 Å². The van der Waals surface area contributed by atoms with Gasteiger partial charge in [-0.05, 0) is 49.2 Å². The average molecular weight is 435 g/mol. The number of rotatable bonds is 5. The Kier molecular flexibility index (Phi) is 6.45. The number of halogens is 2. The summed E-state index contributed by atoms with van der Waals surface area (Å²) in [6.07, 6.45) is 0.0273. The molecule has 1 aliphatic heterocycles. The van der Waals surface area contributed by atoms with Gasteiger partial charge in [0.2, 0.25) is 5.91 Å². The van der Waals surface area contributed by atoms with Gasteiger partial charge < -0.3 is 15.0 Å². The lowest BCUT2D eigenvalue weighted by Gasteiger charge is -2.17. The first kappa shape index (κ1) is 21.1. The molecule has 2 aromatic carbocycles. The Morgan fingerprint density at radius 2 is 1.76 bits per heavy atom. The second-order valence-electron chi connectivity index (χ2n) is 6.96. The number of hydrogen-bond acceptors (Lipinski definition) is 4. The van der Waals surface area contributed by atoms with Crippen LogP contribution in [0.1, 0.15) is 17.5 Å². The van der Waals surface area contributed by atoms with Crippen LogP contribution in [0.2, 0.25) is 10.0 Å². The molecule has 1 unspecified atom stereocenters. The van der Waals surface area contributed by atoms with Crippen LogP contribution in [0.15, 0.2) is 36.4 Å². The van der Waals surface area contributed by atoms with E-state index in [9.17, 15) is 14.4 Å². The van der Waals surface area contributed by atoms with Gasteiger partial charge in [0.05, 0.1) is 5.92 Å². The van der Waals surface area contributed by atoms with Crippen LogP contribution in [0.3, 0.4) is 0 Å². The lowest BCUT2D eigenvalue weighted by molar-refractivity contribution is -0.151. The molecule has 1 N–H and O–H groups in total. The molecule has 0 radical (unpaired) electrons. The highest BCUT2D eigenvalue weighted by molar-refractivity contribution is 6.32. The molecule has 8 heteroatoms. The van der Waals surface area contributed by atoms with Crippen molar-refractivity contribution in [3.63, 3.8) is 0 Å². The number of carbonyl (C=O) groups excluding carboxylic acids is 3. The molecule has 1 atom stereocenters. The van der Waals surface area contributed by atoms with Crippen molar-refractivity contribution in [1.29, 1.82) is 0 Å². The maximum Gasteiger partial charge on any atom is 0.311 e. The Morgan fingerprint density at radius 3 is 2.41 bits per heavy atom. The number of esters is 1. The normalized spacial score (nSPS) is 16.1. The minimum Gasteiger partial charge on any atom is -0.455 e. The molecule has 0 aliphatic carbocycles. The molecular formula is C21H20Cl2N2O4. The number of hydrogen-bond donors (Lipinski definition) is 1. The molecule has 0 bridgehead atoms. The zero-order valence-electron chi connectivity index (χ0n) is 16.0. The second kappa shape index (κ2) is 8.84. The van der Waals surface area contributed by atoms with Crippen molar-refractivity contribution in [2.24, 2.45) is 5.92 Å². The van der Waals surface area contributed by atoms with E-state index >= 15 is 0 Å². The number of carbonyl (C=O) groups is 3. The number of nitrogens with one attached hydrogen (secondary N) is 1. The van der Waals surface area contributed by atoms with Crippen LogP contribution in [-0.2, 0) is 19.1 Å². The van der Waals surface area contributed by atoms with Crippen molar-refractivity contribution in [1.82, 2.24) is 0 Å². The topological polar surface area (TPSA) is 75.7 Å². The zero-order valence-corrected chi connectivity index (χ0v) is 17.5. The van der Waals surface area contributed by atoms with Gasteiger partial charge in [-0.2, -0.15) is 0 Å². The van der Waals surface area contributed by atoms with Crippen molar-refractivity contribution in [2.45, 2.75) is 20.3 Å². The maximum absolute atomic E-state index is 12.3. The van der Waals surface area contributed by atoms with Gasteiger partial charge in [0.1, 0.15) is 0 Å². The summed E-state index contributed by atoms with van der Waals surface area (Å²) in [6, 6.07) is 10.4. The Hall–Kier alpha value is -2.57. The Labute approximate surface area is 178 Å². The summed E-state index contributed by atoms with van der Waals surface area (Å²) in [6.45, 7) is 3.47. The number of amides is 2. The van der Waals surface area contributed by atoms with Crippen LogP contribution in [0, 0.1) is 19.8 Å². The van der Waals surface area contributed by atoms with Crippen molar-refractivity contribution >= 4 is 52.4 Å². The number of ether oxygens (including phenoxy) is 1. The van der Waals surface area contributed by atoms with Gasteiger partial charge in [-0.15, -0.1) is 0 Å². The standard InChI is InChI=1S/C21H20Cl2N2O4/c1-12-3-5-15(8-17(12)22)24-19(26)11-29-21(28)14-7-20(27)25(10-14)16-6-4-13(2)18(23)9-16/h3-6,8-9,14H,7,10-11H2,1-2H3,(H,24,26). The molecule has 0 saturated carbocycles. The van der Waals surface area contributed by atoms with Crippen molar-refractivity contribution in [2.75, 3.05) is 23.4 Å². The fourth-order valence-electron chi connectivity index (χ4n) is 2.99. The molecule has 29 heavy (non-hydrogen) atoms. The molecule has 2 amide bonds. The first-order valence-electron chi connectivity index (χ1n) is 9.03. The third-order valence-corrected chi connectivity index (χ3v) is 5.54. The molecule has 1 fully saturated rings. The monoisotopic (exact) mass is 434 g/mol. The van der Waals surface area contributed by atoms with E-state index in [2.05, 4.69) is 5.32 Å². The van der Waals surface area contributed by atoms with Crippen molar-refractivity contribution < 1.29 is 19.1 Å². The lowest BCUT2D eigenvalue weighted by Crippen LogP contribution is -2.28. The number of benzene rings is 2. The number of aryl methyl sites for hydroxylation is 2. The zero-order chi connectivity index (χ0) is 21.1. The quantitative estimate of drug-likeness (QED) is 0.717. The highest BCUT2D eigenvalue weighted by Gasteiger charge is 2.36. The van der Waals surface area contributed by atoms with Gasteiger partial charge in [-0.3, -0.25) is 14.4 Å². The van der Waals surface area contributed by atoms with Crippen LogP contribution < -0.4 is 10.2 Å². The van der Waals surface area contributed by atoms with Crippen molar-refractivity contribution in [3.8, 4) is 0 Å². The summed E-state index contributed by atoms with van der Waals surface area (Å²) in [5, 5.41) is 3.70. The predicted octanol–water partition coefficient (Wildman–Crippen LogP) is 4.15. The molecule has 1 aliphatic rings.